The van der Waals surface area contributed by atoms with Crippen LogP contribution in [-0.2, 0) is 14.8 Å². The summed E-state index contributed by atoms with van der Waals surface area (Å²) < 4.78 is 32.5. The highest BCUT2D eigenvalue weighted by atomic mass is 35.5. The molecule has 0 radical (unpaired) electrons. The first-order chi connectivity index (χ1) is 12.3. The van der Waals surface area contributed by atoms with E-state index < -0.39 is 16.0 Å². The van der Waals surface area contributed by atoms with Crippen molar-refractivity contribution in [1.82, 2.24) is 0 Å². The number of sulfonamides is 1. The number of hydrogen-bond donors (Lipinski definition) is 0. The fraction of sp³-hybridized carbons (Fsp3) is 0.167. The fourth-order valence-corrected chi connectivity index (χ4v) is 4.50. The van der Waals surface area contributed by atoms with Crippen molar-refractivity contribution in [2.45, 2.75) is 11.8 Å². The van der Waals surface area contributed by atoms with Gasteiger partial charge in [0.1, 0.15) is 4.90 Å². The SMILES string of the molecule is C=CCN(c1ccccc1C(=O)OCC)S(=O)(=O)c1cc(Cl)ccc1Cl. The second-order valence-electron chi connectivity index (χ2n) is 5.14. The zero-order valence-electron chi connectivity index (χ0n) is 14.0. The van der Waals surface area contributed by atoms with Crippen LogP contribution in [0.2, 0.25) is 10.0 Å². The smallest absolute Gasteiger partial charge is 0.340 e. The minimum Gasteiger partial charge on any atom is -0.462 e. The predicted molar refractivity (Wildman–Crippen MR) is 104 cm³/mol. The predicted octanol–water partition coefficient (Wildman–Crippen LogP) is 4.55. The van der Waals surface area contributed by atoms with Crippen molar-refractivity contribution in [2.24, 2.45) is 0 Å². The number of carbonyl (C=O) groups excluding carboxylic acids is 1. The summed E-state index contributed by atoms with van der Waals surface area (Å²) in [6.07, 6.45) is 1.41. The number of benzene rings is 2. The van der Waals surface area contributed by atoms with Gasteiger partial charge in [0.2, 0.25) is 0 Å². The van der Waals surface area contributed by atoms with Crippen LogP contribution in [-0.4, -0.2) is 27.5 Å². The molecule has 0 saturated carbocycles. The van der Waals surface area contributed by atoms with Gasteiger partial charge in [0.05, 0.1) is 29.4 Å². The Balaban J connectivity index is 2.65. The summed E-state index contributed by atoms with van der Waals surface area (Å²) >= 11 is 12.0. The molecule has 0 N–H and O–H groups in total. The van der Waals surface area contributed by atoms with Crippen molar-refractivity contribution in [3.05, 3.63) is 70.7 Å². The fourth-order valence-electron chi connectivity index (χ4n) is 2.31. The number of para-hydroxylation sites is 1. The van der Waals surface area contributed by atoms with Gasteiger partial charge in [0.25, 0.3) is 10.0 Å². The Morgan fingerprint density at radius 1 is 1.23 bits per heavy atom. The molecule has 2 aromatic rings. The number of ether oxygens (including phenoxy) is 1. The molecule has 2 aromatic carbocycles. The molecule has 0 saturated heterocycles. The maximum atomic E-state index is 13.2. The molecule has 0 bridgehead atoms. The van der Waals surface area contributed by atoms with Gasteiger partial charge in [-0.05, 0) is 37.3 Å². The lowest BCUT2D eigenvalue weighted by Gasteiger charge is -2.25. The zero-order valence-corrected chi connectivity index (χ0v) is 16.3. The summed E-state index contributed by atoms with van der Waals surface area (Å²) in [6.45, 7) is 5.37. The minimum absolute atomic E-state index is 0.0251. The van der Waals surface area contributed by atoms with Gasteiger partial charge >= 0.3 is 5.97 Å². The zero-order chi connectivity index (χ0) is 19.3. The Morgan fingerprint density at radius 3 is 2.58 bits per heavy atom. The van der Waals surface area contributed by atoms with Crippen LogP contribution < -0.4 is 4.31 Å². The molecule has 0 spiro atoms. The van der Waals surface area contributed by atoms with Crippen molar-refractivity contribution in [1.29, 1.82) is 0 Å². The molecule has 0 aliphatic heterocycles. The van der Waals surface area contributed by atoms with Crippen molar-refractivity contribution in [3.8, 4) is 0 Å². The van der Waals surface area contributed by atoms with Gasteiger partial charge in [-0.1, -0.05) is 41.4 Å². The topological polar surface area (TPSA) is 63.7 Å². The molecule has 5 nitrogen and oxygen atoms in total. The largest absolute Gasteiger partial charge is 0.462 e. The standard InChI is InChI=1S/C18H17Cl2NO4S/c1-3-11-21(16-8-6-5-7-14(16)18(22)25-4-2)26(23,24)17-12-13(19)9-10-15(17)20/h3,5-10,12H,1,4,11H2,2H3. The molecule has 2 rings (SSSR count). The van der Waals surface area contributed by atoms with Crippen molar-refractivity contribution in [2.75, 3.05) is 17.5 Å². The van der Waals surface area contributed by atoms with Crippen LogP contribution >= 0.6 is 23.2 Å². The van der Waals surface area contributed by atoms with Crippen LogP contribution in [0.3, 0.4) is 0 Å². The Labute approximate surface area is 162 Å². The monoisotopic (exact) mass is 413 g/mol. The number of carbonyl (C=O) groups is 1. The van der Waals surface area contributed by atoms with E-state index in [1.165, 1.54) is 36.4 Å². The molecule has 138 valence electrons. The summed E-state index contributed by atoms with van der Waals surface area (Å²) in [5, 5.41) is 0.252. The van der Waals surface area contributed by atoms with E-state index in [0.717, 1.165) is 4.31 Å². The molecule has 0 heterocycles. The highest BCUT2D eigenvalue weighted by Crippen LogP contribution is 2.32. The molecule has 0 aliphatic rings. The Morgan fingerprint density at radius 2 is 1.92 bits per heavy atom. The van der Waals surface area contributed by atoms with Gasteiger partial charge in [0.15, 0.2) is 0 Å². The van der Waals surface area contributed by atoms with Crippen molar-refractivity contribution < 1.29 is 17.9 Å². The van der Waals surface area contributed by atoms with Gasteiger partial charge in [-0.3, -0.25) is 4.31 Å². The van der Waals surface area contributed by atoms with E-state index in [9.17, 15) is 13.2 Å². The van der Waals surface area contributed by atoms with E-state index in [1.54, 1.807) is 19.1 Å². The first-order valence-electron chi connectivity index (χ1n) is 7.67. The van der Waals surface area contributed by atoms with Gasteiger partial charge in [-0.2, -0.15) is 0 Å². The van der Waals surface area contributed by atoms with E-state index in [-0.39, 0.29) is 39.3 Å². The molecular formula is C18H17Cl2NO4S. The third kappa shape index (κ3) is 4.20. The summed E-state index contributed by atoms with van der Waals surface area (Å²) in [5.41, 5.74) is 0.291. The van der Waals surface area contributed by atoms with E-state index in [1.807, 2.05) is 0 Å². The number of halogens is 2. The number of nitrogens with zero attached hydrogens (tertiary/aromatic N) is 1. The number of anilines is 1. The lowest BCUT2D eigenvalue weighted by atomic mass is 10.2. The second-order valence-corrected chi connectivity index (χ2v) is 7.81. The summed E-state index contributed by atoms with van der Waals surface area (Å²) in [5.74, 6) is -0.621. The minimum atomic E-state index is -4.10. The van der Waals surface area contributed by atoms with Crippen molar-refractivity contribution in [3.63, 3.8) is 0 Å². The van der Waals surface area contributed by atoms with Crippen LogP contribution in [0.25, 0.3) is 0 Å². The van der Waals surface area contributed by atoms with Crippen LogP contribution in [0, 0.1) is 0 Å². The molecule has 0 aromatic heterocycles. The average molecular weight is 414 g/mol. The Kier molecular flexibility index (Phi) is 6.69. The summed E-state index contributed by atoms with van der Waals surface area (Å²) in [7, 11) is -4.10. The maximum absolute atomic E-state index is 13.2. The third-order valence-corrected chi connectivity index (χ3v) is 5.92. The highest BCUT2D eigenvalue weighted by Gasteiger charge is 2.29. The summed E-state index contributed by atoms with van der Waals surface area (Å²) in [4.78, 5) is 12.1. The van der Waals surface area contributed by atoms with Gasteiger partial charge < -0.3 is 4.74 Å². The Bertz CT molecular complexity index is 929. The molecule has 0 amide bonds. The third-order valence-electron chi connectivity index (χ3n) is 3.42. The van der Waals surface area contributed by atoms with E-state index in [4.69, 9.17) is 27.9 Å². The Hall–Kier alpha value is -2.02. The quantitative estimate of drug-likeness (QED) is 0.493. The molecule has 26 heavy (non-hydrogen) atoms. The van der Waals surface area contributed by atoms with E-state index in [0.29, 0.717) is 0 Å². The first kappa shape index (κ1) is 20.3. The highest BCUT2D eigenvalue weighted by molar-refractivity contribution is 7.93. The maximum Gasteiger partial charge on any atom is 0.340 e. The lowest BCUT2D eigenvalue weighted by Crippen LogP contribution is -2.33. The van der Waals surface area contributed by atoms with Crippen LogP contribution in [0.5, 0.6) is 0 Å². The van der Waals surface area contributed by atoms with Gasteiger partial charge in [-0.25, -0.2) is 13.2 Å². The summed E-state index contributed by atoms with van der Waals surface area (Å²) in [6, 6.07) is 10.4. The molecule has 0 fully saturated rings. The number of esters is 1. The normalized spacial score (nSPS) is 11.0. The van der Waals surface area contributed by atoms with Gasteiger partial charge in [-0.15, -0.1) is 6.58 Å². The number of rotatable bonds is 7. The second kappa shape index (κ2) is 8.58. The van der Waals surface area contributed by atoms with Crippen LogP contribution in [0.1, 0.15) is 17.3 Å². The molecule has 0 atom stereocenters. The molecule has 8 heteroatoms. The van der Waals surface area contributed by atoms with E-state index in [2.05, 4.69) is 6.58 Å². The molecule has 0 unspecified atom stereocenters. The lowest BCUT2D eigenvalue weighted by molar-refractivity contribution is 0.0527. The molecule has 0 aliphatic carbocycles. The van der Waals surface area contributed by atoms with Crippen LogP contribution in [0.4, 0.5) is 5.69 Å². The van der Waals surface area contributed by atoms with Gasteiger partial charge in [0, 0.05) is 5.02 Å². The molecular weight excluding hydrogens is 397 g/mol. The van der Waals surface area contributed by atoms with Crippen LogP contribution in [0.15, 0.2) is 60.0 Å². The first-order valence-corrected chi connectivity index (χ1v) is 9.87. The van der Waals surface area contributed by atoms with Crippen molar-refractivity contribution >= 4 is 44.9 Å². The van der Waals surface area contributed by atoms with E-state index >= 15 is 0 Å². The number of hydrogen-bond acceptors (Lipinski definition) is 4. The average Bonchev–Trinajstić information content (AvgIpc) is 2.61.